The molecule has 0 unspecified atom stereocenters. The van der Waals surface area contributed by atoms with Crippen LogP contribution in [-0.2, 0) is 51.7 Å². The number of nitrogens with one attached hydrogen (secondary N) is 1. The molecule has 0 spiro atoms. The van der Waals surface area contributed by atoms with E-state index in [1.54, 1.807) is 99.6 Å². The van der Waals surface area contributed by atoms with Gasteiger partial charge in [-0.2, -0.15) is 0 Å². The minimum absolute atomic E-state index is 0.101. The zero-order valence-corrected chi connectivity index (χ0v) is 46.9. The maximum atomic E-state index is 16.2. The van der Waals surface area contributed by atoms with E-state index in [1.807, 2.05) is 47.0 Å². The quantitative estimate of drug-likeness (QED) is 0.0276. The summed E-state index contributed by atoms with van der Waals surface area (Å²) < 4.78 is 46.7. The molecule has 12 atom stereocenters. The first-order valence-electron chi connectivity index (χ1n) is 25.1. The predicted octanol–water partition coefficient (Wildman–Crippen LogP) is 8.33. The number of azide groups is 1. The fraction of sp³-hybridized carbons (Fsp3) is 0.527. The van der Waals surface area contributed by atoms with Gasteiger partial charge in [0.15, 0.2) is 31.9 Å². The Balaban J connectivity index is 1.52. The number of aliphatic hydroxyl groups excluding tert-OH is 1. The number of ether oxygens (including phenoxy) is 5. The lowest BCUT2D eigenvalue weighted by molar-refractivity contribution is -0.349. The first-order valence-corrected chi connectivity index (χ1v) is 30.4. The number of carbonyl (C=O) groups is 6. The molecule has 3 fully saturated rings. The van der Waals surface area contributed by atoms with Gasteiger partial charge in [-0.3, -0.25) is 19.2 Å². The van der Waals surface area contributed by atoms with Gasteiger partial charge in [0.25, 0.3) is 5.91 Å². The van der Waals surface area contributed by atoms with Crippen LogP contribution in [-0.4, -0.2) is 119 Å². The molecule has 1 heterocycles. The van der Waals surface area contributed by atoms with Crippen LogP contribution in [0.2, 0.25) is 31.2 Å². The van der Waals surface area contributed by atoms with Crippen LogP contribution in [0.1, 0.15) is 101 Å². The number of Topliss-reactive ketones (excluding diaryl/α,β-unsaturated/α-hetero) is 1. The summed E-state index contributed by atoms with van der Waals surface area (Å²) in [6.45, 7) is 22.1. The molecule has 2 saturated carbocycles. The van der Waals surface area contributed by atoms with Crippen LogP contribution < -0.4 is 5.32 Å². The van der Waals surface area contributed by atoms with Crippen LogP contribution in [0.15, 0.2) is 107 Å². The van der Waals surface area contributed by atoms with E-state index >= 15 is 9.59 Å². The molecule has 2 bridgehead atoms. The summed E-state index contributed by atoms with van der Waals surface area (Å²) in [7, 11) is -4.98. The van der Waals surface area contributed by atoms with Crippen molar-refractivity contribution in [3.8, 4) is 0 Å². The first-order chi connectivity index (χ1) is 35.1. The zero-order valence-electron chi connectivity index (χ0n) is 44.9. The van der Waals surface area contributed by atoms with E-state index in [4.69, 9.17) is 32.5 Å². The van der Waals surface area contributed by atoms with Crippen molar-refractivity contribution in [3.63, 3.8) is 0 Å². The standard InChI is InChI=1S/C55H69N4O14Si2/c1-31-37(69-50(66)42(72-75(12,13)51(4,5)6)39(34-23-17-14-18-24-34)57-48(64)35-25-19-15-20-26-35)29-55(73-74(10)11)47(70-49(65)36-27-21-16-22-28-36)43-53(9,45(63)41(68-32(2)60)38(31)52(55,7)8)44(62)40(58-59-56)46-54(43,30-67-46)71-33(3)61/h14-28,37,39-44,46-47,62H,29-30H2,1-13H3,(H,57,64)/t37-,39-,40+,41+,42+,43-,44+,46+,47-,53-,54+,55-/m0/s1. The largest absolute Gasteiger partial charge is 0.456 e. The highest BCUT2D eigenvalue weighted by atomic mass is 28.4. The summed E-state index contributed by atoms with van der Waals surface area (Å²) in [5, 5.41) is 19.3. The number of esters is 4. The predicted molar refractivity (Wildman–Crippen MR) is 278 cm³/mol. The van der Waals surface area contributed by atoms with Crippen molar-refractivity contribution in [1.82, 2.24) is 5.32 Å². The van der Waals surface area contributed by atoms with E-state index in [0.717, 1.165) is 13.8 Å². The van der Waals surface area contributed by atoms with Crippen molar-refractivity contribution in [2.45, 2.75) is 160 Å². The SMILES string of the molecule is CC(=O)O[C@H]1C(=O)[C@]2(C)[C@H](O)[C@@H](N=[N+]=[N-])[C@H]3OC[C@@]3(OC(C)=O)[C@H]2[C@H](OC(=O)c2ccccc2)[C@@]2(O[Si](C)C)C[C@H](OC(=O)[C@H](O[Si](C)(C)C(C)(C)C)[C@@H](NC(=O)c3ccccc3)c3ccccc3)C(C)=C1C2(C)C. The fourth-order valence-corrected chi connectivity index (χ4v) is 14.0. The van der Waals surface area contributed by atoms with Crippen LogP contribution >= 0.6 is 0 Å². The molecule has 1 amide bonds. The minimum atomic E-state index is -2.96. The van der Waals surface area contributed by atoms with Crippen molar-refractivity contribution < 1.29 is 66.4 Å². The second kappa shape index (κ2) is 21.2. The van der Waals surface area contributed by atoms with Crippen molar-refractivity contribution in [2.24, 2.45) is 21.9 Å². The number of fused-ring (bicyclic) bond motifs is 5. The molecule has 20 heteroatoms. The van der Waals surface area contributed by atoms with Gasteiger partial charge in [0.2, 0.25) is 9.04 Å². The van der Waals surface area contributed by atoms with Crippen LogP contribution in [0.4, 0.5) is 0 Å². The number of benzene rings is 3. The number of ketones is 1. The average Bonchev–Trinajstić information content (AvgIpc) is 3.33. The molecule has 7 rings (SSSR count). The second-order valence-electron chi connectivity index (χ2n) is 22.5. The number of nitrogens with zero attached hydrogens (tertiary/aromatic N) is 3. The lowest BCUT2D eigenvalue weighted by atomic mass is 9.44. The Bertz CT molecular complexity index is 2770. The number of hydrogen-bond acceptors (Lipinski definition) is 15. The third-order valence-corrected chi connectivity index (χ3v) is 21.5. The van der Waals surface area contributed by atoms with Crippen molar-refractivity contribution in [3.05, 3.63) is 129 Å². The maximum Gasteiger partial charge on any atom is 0.338 e. The molecule has 4 aliphatic rings. The Kier molecular flexibility index (Phi) is 16.0. The summed E-state index contributed by atoms with van der Waals surface area (Å²) in [5.41, 5.74) is 3.62. The zero-order chi connectivity index (χ0) is 55.2. The maximum absolute atomic E-state index is 16.2. The summed E-state index contributed by atoms with van der Waals surface area (Å²) in [5.74, 6) is -6.51. The highest BCUT2D eigenvalue weighted by Gasteiger charge is 2.81. The molecule has 0 aromatic heterocycles. The van der Waals surface area contributed by atoms with Crippen molar-refractivity contribution >= 4 is 52.9 Å². The summed E-state index contributed by atoms with van der Waals surface area (Å²) >= 11 is 0. The molecule has 3 aromatic carbocycles. The van der Waals surface area contributed by atoms with Gasteiger partial charge >= 0.3 is 23.9 Å². The highest BCUT2D eigenvalue weighted by Crippen LogP contribution is 2.66. The number of rotatable bonds is 15. The number of carbonyl (C=O) groups excluding carboxylic acids is 6. The van der Waals surface area contributed by atoms with Gasteiger partial charge in [-0.15, -0.1) is 0 Å². The van der Waals surface area contributed by atoms with Crippen LogP contribution in [0, 0.1) is 16.7 Å². The lowest BCUT2D eigenvalue weighted by Gasteiger charge is -2.69. The second-order valence-corrected chi connectivity index (χ2v) is 29.3. The molecule has 18 nitrogen and oxygen atoms in total. The number of amides is 1. The summed E-state index contributed by atoms with van der Waals surface area (Å²) in [6, 6.07) is 22.8. The van der Waals surface area contributed by atoms with Gasteiger partial charge < -0.3 is 43.0 Å². The molecule has 3 aliphatic carbocycles. The molecule has 1 aliphatic heterocycles. The fourth-order valence-electron chi connectivity index (χ4n) is 11.6. The van der Waals surface area contributed by atoms with E-state index in [9.17, 15) is 29.8 Å². The van der Waals surface area contributed by atoms with Gasteiger partial charge in [0, 0.05) is 36.2 Å². The Morgan fingerprint density at radius 3 is 1.96 bits per heavy atom. The Morgan fingerprint density at radius 1 is 0.880 bits per heavy atom. The Labute approximate surface area is 440 Å². The van der Waals surface area contributed by atoms with Gasteiger partial charge in [0.1, 0.15) is 23.9 Å². The first kappa shape index (κ1) is 56.7. The van der Waals surface area contributed by atoms with Crippen molar-refractivity contribution in [1.29, 1.82) is 0 Å². The number of hydrogen-bond donors (Lipinski definition) is 2. The normalized spacial score (nSPS) is 29.8. The molecule has 2 N–H and O–H groups in total. The smallest absolute Gasteiger partial charge is 0.338 e. The third-order valence-electron chi connectivity index (χ3n) is 16.2. The highest BCUT2D eigenvalue weighted by molar-refractivity contribution is 6.74. The Hall–Kier alpha value is -6.00. The molecule has 1 saturated heterocycles. The van der Waals surface area contributed by atoms with E-state index in [1.165, 1.54) is 19.1 Å². The molecule has 3 aromatic rings. The topological polar surface area (TPSA) is 248 Å². The van der Waals surface area contributed by atoms with Gasteiger partial charge in [-0.1, -0.05) is 106 Å². The lowest BCUT2D eigenvalue weighted by Crippen LogP contribution is -2.85. The van der Waals surface area contributed by atoms with Gasteiger partial charge in [-0.05, 0) is 91.6 Å². The molecule has 1 radical (unpaired) electrons. The van der Waals surface area contributed by atoms with Crippen LogP contribution in [0.3, 0.4) is 0 Å². The average molecular weight is 1070 g/mol. The van der Waals surface area contributed by atoms with E-state index < -0.39 is 141 Å². The monoisotopic (exact) mass is 1070 g/mol. The Morgan fingerprint density at radius 2 is 1.45 bits per heavy atom. The van der Waals surface area contributed by atoms with Crippen LogP contribution in [0.5, 0.6) is 0 Å². The third kappa shape index (κ3) is 10.1. The van der Waals surface area contributed by atoms with Gasteiger partial charge in [0.05, 0.1) is 41.7 Å². The molecule has 401 valence electrons. The number of aliphatic hydroxyl groups is 1. The summed E-state index contributed by atoms with van der Waals surface area (Å²) in [6.07, 6.45) is -10.1. The van der Waals surface area contributed by atoms with Crippen molar-refractivity contribution in [2.75, 3.05) is 6.61 Å². The molecular weight excluding hydrogens is 997 g/mol. The van der Waals surface area contributed by atoms with E-state index in [0.29, 0.717) is 11.1 Å². The van der Waals surface area contributed by atoms with E-state index in [-0.39, 0.29) is 23.1 Å². The van der Waals surface area contributed by atoms with Crippen LogP contribution in [0.25, 0.3) is 10.4 Å². The molecule has 75 heavy (non-hydrogen) atoms. The minimum Gasteiger partial charge on any atom is -0.456 e. The van der Waals surface area contributed by atoms with Gasteiger partial charge in [-0.25, -0.2) is 9.59 Å². The van der Waals surface area contributed by atoms with E-state index in [2.05, 4.69) is 15.3 Å². The molecular formula is C55H69N4O14Si2. The summed E-state index contributed by atoms with van der Waals surface area (Å²) in [4.78, 5) is 91.3.